The highest BCUT2D eigenvalue weighted by Crippen LogP contribution is 2.28. The lowest BCUT2D eigenvalue weighted by molar-refractivity contribution is 0.161. The molecule has 2 aromatic rings. The van der Waals surface area contributed by atoms with Crippen LogP contribution in [0.2, 0.25) is 0 Å². The van der Waals surface area contributed by atoms with Gasteiger partial charge in [0.15, 0.2) is 5.13 Å². The van der Waals surface area contributed by atoms with Gasteiger partial charge in [-0.25, -0.2) is 9.78 Å². The van der Waals surface area contributed by atoms with Gasteiger partial charge in [0.25, 0.3) is 0 Å². The summed E-state index contributed by atoms with van der Waals surface area (Å²) in [6, 6.07) is 5.69. The molecule has 0 spiro atoms. The van der Waals surface area contributed by atoms with Gasteiger partial charge < -0.3 is 20.5 Å². The van der Waals surface area contributed by atoms with Gasteiger partial charge in [-0.05, 0) is 18.2 Å². The third-order valence-electron chi connectivity index (χ3n) is 2.22. The molecule has 0 saturated heterocycles. The lowest BCUT2D eigenvalue weighted by Crippen LogP contribution is -2.18. The predicted octanol–water partition coefficient (Wildman–Crippen LogP) is 1.81. The van der Waals surface area contributed by atoms with Crippen molar-refractivity contribution in [3.8, 4) is 5.75 Å². The van der Waals surface area contributed by atoms with Crippen molar-refractivity contribution in [2.75, 3.05) is 25.6 Å². The number of nitrogens with one attached hydrogen (secondary N) is 1. The second-order valence-electron chi connectivity index (χ2n) is 3.45. The molecule has 3 N–H and O–H groups in total. The fourth-order valence-electron chi connectivity index (χ4n) is 1.42. The fourth-order valence-corrected chi connectivity index (χ4v) is 2.34. The van der Waals surface area contributed by atoms with Crippen LogP contribution in [0.15, 0.2) is 18.2 Å². The van der Waals surface area contributed by atoms with Crippen LogP contribution >= 0.6 is 11.3 Å². The minimum atomic E-state index is -0.772. The smallest absolute Gasteiger partial charge is 0.404 e. The molecule has 0 unspecified atom stereocenters. The topological polar surface area (TPSA) is 86.5 Å². The van der Waals surface area contributed by atoms with E-state index >= 15 is 0 Å². The molecule has 0 bridgehead atoms. The summed E-state index contributed by atoms with van der Waals surface area (Å²) in [5.74, 6) is 0.801. The van der Waals surface area contributed by atoms with Gasteiger partial charge >= 0.3 is 6.09 Å². The Labute approximate surface area is 108 Å². The SMILES string of the molecule is COc1ccc2nc(NCCOC(N)=O)sc2c1. The summed E-state index contributed by atoms with van der Waals surface area (Å²) in [7, 11) is 1.63. The van der Waals surface area contributed by atoms with Crippen molar-refractivity contribution >= 4 is 32.8 Å². The Morgan fingerprint density at radius 2 is 2.39 bits per heavy atom. The van der Waals surface area contributed by atoms with E-state index < -0.39 is 6.09 Å². The van der Waals surface area contributed by atoms with Gasteiger partial charge in [-0.15, -0.1) is 0 Å². The normalized spacial score (nSPS) is 10.3. The highest BCUT2D eigenvalue weighted by Gasteiger charge is 2.04. The largest absolute Gasteiger partial charge is 0.497 e. The minimum Gasteiger partial charge on any atom is -0.497 e. The average Bonchev–Trinajstić information content (AvgIpc) is 2.75. The molecule has 1 aromatic heterocycles. The number of hydrogen-bond donors (Lipinski definition) is 2. The predicted molar refractivity (Wildman–Crippen MR) is 70.2 cm³/mol. The van der Waals surface area contributed by atoms with E-state index in [9.17, 15) is 4.79 Å². The number of nitrogens with zero attached hydrogens (tertiary/aromatic N) is 1. The lowest BCUT2D eigenvalue weighted by atomic mass is 10.3. The van der Waals surface area contributed by atoms with Crippen molar-refractivity contribution in [2.45, 2.75) is 0 Å². The fraction of sp³-hybridized carbons (Fsp3) is 0.273. The van der Waals surface area contributed by atoms with E-state index in [0.29, 0.717) is 6.54 Å². The number of carbonyl (C=O) groups excluding carboxylic acids is 1. The van der Waals surface area contributed by atoms with Crippen molar-refractivity contribution in [3.63, 3.8) is 0 Å². The van der Waals surface area contributed by atoms with E-state index in [4.69, 9.17) is 10.5 Å². The number of carbonyl (C=O) groups is 1. The first kappa shape index (κ1) is 12.4. The molecule has 18 heavy (non-hydrogen) atoms. The Kier molecular flexibility index (Phi) is 3.83. The number of hydrogen-bond acceptors (Lipinski definition) is 6. The first-order chi connectivity index (χ1) is 8.69. The van der Waals surface area contributed by atoms with Crippen LogP contribution in [-0.2, 0) is 4.74 Å². The summed E-state index contributed by atoms with van der Waals surface area (Å²) in [6.07, 6.45) is -0.772. The zero-order valence-electron chi connectivity index (χ0n) is 9.80. The van der Waals surface area contributed by atoms with E-state index in [2.05, 4.69) is 15.0 Å². The minimum absolute atomic E-state index is 0.217. The Bertz CT molecular complexity index is 555. The van der Waals surface area contributed by atoms with Gasteiger partial charge in [0.1, 0.15) is 12.4 Å². The van der Waals surface area contributed by atoms with E-state index in [1.165, 1.54) is 11.3 Å². The Balaban J connectivity index is 1.99. The van der Waals surface area contributed by atoms with Crippen molar-refractivity contribution in [1.29, 1.82) is 0 Å². The Hall–Kier alpha value is -2.02. The van der Waals surface area contributed by atoms with Crippen molar-refractivity contribution in [3.05, 3.63) is 18.2 Å². The van der Waals surface area contributed by atoms with E-state index in [-0.39, 0.29) is 6.61 Å². The second-order valence-corrected chi connectivity index (χ2v) is 4.48. The summed E-state index contributed by atoms with van der Waals surface area (Å²) < 4.78 is 10.8. The number of primary amides is 1. The second kappa shape index (κ2) is 5.54. The summed E-state index contributed by atoms with van der Waals surface area (Å²) >= 11 is 1.51. The molecule has 0 aliphatic heterocycles. The van der Waals surface area contributed by atoms with Crippen molar-refractivity contribution in [2.24, 2.45) is 5.73 Å². The Morgan fingerprint density at radius 1 is 1.56 bits per heavy atom. The molecular weight excluding hydrogens is 254 g/mol. The van der Waals surface area contributed by atoms with Crippen LogP contribution in [0.4, 0.5) is 9.93 Å². The monoisotopic (exact) mass is 267 g/mol. The third-order valence-corrected chi connectivity index (χ3v) is 3.19. The van der Waals surface area contributed by atoms with Gasteiger partial charge in [-0.3, -0.25) is 0 Å². The van der Waals surface area contributed by atoms with E-state index in [1.54, 1.807) is 7.11 Å². The van der Waals surface area contributed by atoms with Crippen molar-refractivity contribution in [1.82, 2.24) is 4.98 Å². The summed E-state index contributed by atoms with van der Waals surface area (Å²) in [4.78, 5) is 14.8. The van der Waals surface area contributed by atoms with Crippen LogP contribution in [0.5, 0.6) is 5.75 Å². The molecule has 0 radical (unpaired) electrons. The maximum Gasteiger partial charge on any atom is 0.404 e. The summed E-state index contributed by atoms with van der Waals surface area (Å²) in [5, 5.41) is 3.83. The van der Waals surface area contributed by atoms with E-state index in [0.717, 1.165) is 21.1 Å². The molecule has 2 rings (SSSR count). The van der Waals surface area contributed by atoms with Crippen LogP contribution in [0.1, 0.15) is 0 Å². The van der Waals surface area contributed by atoms with Crippen molar-refractivity contribution < 1.29 is 14.3 Å². The number of nitrogens with two attached hydrogens (primary N) is 1. The molecule has 0 aliphatic carbocycles. The zero-order valence-corrected chi connectivity index (χ0v) is 10.6. The Morgan fingerprint density at radius 3 is 3.11 bits per heavy atom. The quantitative estimate of drug-likeness (QED) is 0.807. The lowest BCUT2D eigenvalue weighted by Gasteiger charge is -2.01. The summed E-state index contributed by atoms with van der Waals surface area (Å²) in [6.45, 7) is 0.689. The number of benzene rings is 1. The first-order valence-corrected chi connectivity index (χ1v) is 6.11. The molecular formula is C11H13N3O3S. The number of amides is 1. The number of anilines is 1. The molecule has 0 fully saturated rings. The number of methoxy groups -OCH3 is 1. The van der Waals surface area contributed by atoms with Crippen LogP contribution in [-0.4, -0.2) is 31.3 Å². The van der Waals surface area contributed by atoms with Crippen LogP contribution < -0.4 is 15.8 Å². The van der Waals surface area contributed by atoms with Gasteiger partial charge in [-0.1, -0.05) is 11.3 Å². The molecule has 0 aliphatic rings. The van der Waals surface area contributed by atoms with E-state index in [1.807, 2.05) is 18.2 Å². The third kappa shape index (κ3) is 3.01. The number of thiazole rings is 1. The maximum atomic E-state index is 10.4. The molecule has 7 heteroatoms. The maximum absolute atomic E-state index is 10.4. The molecule has 96 valence electrons. The van der Waals surface area contributed by atoms with Gasteiger partial charge in [0.05, 0.1) is 23.9 Å². The first-order valence-electron chi connectivity index (χ1n) is 5.30. The molecule has 6 nitrogen and oxygen atoms in total. The zero-order chi connectivity index (χ0) is 13.0. The average molecular weight is 267 g/mol. The number of fused-ring (bicyclic) bond motifs is 1. The van der Waals surface area contributed by atoms with Crippen LogP contribution in [0.3, 0.4) is 0 Å². The van der Waals surface area contributed by atoms with Gasteiger partial charge in [0.2, 0.25) is 0 Å². The van der Waals surface area contributed by atoms with Gasteiger partial charge in [0, 0.05) is 0 Å². The van der Waals surface area contributed by atoms with Crippen LogP contribution in [0, 0.1) is 0 Å². The van der Waals surface area contributed by atoms with Gasteiger partial charge in [-0.2, -0.15) is 0 Å². The summed E-state index contributed by atoms with van der Waals surface area (Å²) in [5.41, 5.74) is 5.75. The molecule has 1 aromatic carbocycles. The number of aromatic nitrogens is 1. The highest BCUT2D eigenvalue weighted by atomic mass is 32.1. The standard InChI is InChI=1S/C11H13N3O3S/c1-16-7-2-3-8-9(6-7)18-11(14-8)13-4-5-17-10(12)15/h2-3,6H,4-5H2,1H3,(H2,12,15)(H,13,14). The highest BCUT2D eigenvalue weighted by molar-refractivity contribution is 7.22. The number of rotatable bonds is 5. The number of ether oxygens (including phenoxy) is 2. The molecule has 0 atom stereocenters. The molecule has 1 amide bonds. The molecule has 0 saturated carbocycles. The molecule has 1 heterocycles. The van der Waals surface area contributed by atoms with Crippen LogP contribution in [0.25, 0.3) is 10.2 Å².